The molecule has 5 nitrogen and oxygen atoms in total. The van der Waals surface area contributed by atoms with Crippen LogP contribution in [0.15, 0.2) is 11.1 Å². The highest BCUT2D eigenvalue weighted by atomic mass is 16.7. The number of carboxylic acid groups (broad SMARTS) is 1. The first-order chi connectivity index (χ1) is 16.1. The highest BCUT2D eigenvalue weighted by Gasteiger charge is 2.56. The lowest BCUT2D eigenvalue weighted by molar-refractivity contribution is -0.148. The second-order valence-electron chi connectivity index (χ2n) is 12.5. The third-order valence-electron chi connectivity index (χ3n) is 9.99. The Hall–Kier alpha value is -1.20. The summed E-state index contributed by atoms with van der Waals surface area (Å²) in [4.78, 5) is 25.5. The molecule has 0 amide bonds. The van der Waals surface area contributed by atoms with E-state index in [4.69, 9.17) is 9.47 Å². The summed E-state index contributed by atoms with van der Waals surface area (Å²) in [6, 6.07) is 0. The van der Waals surface area contributed by atoms with Crippen LogP contribution in [0.25, 0.3) is 0 Å². The fraction of sp³-hybridized carbons (Fsp3) is 0.862. The van der Waals surface area contributed by atoms with Gasteiger partial charge in [0.15, 0.2) is 11.6 Å². The molecule has 1 aliphatic heterocycles. The average Bonchev–Trinajstić information content (AvgIpc) is 3.35. The molecular weight excluding hydrogens is 428 g/mol. The predicted molar refractivity (Wildman–Crippen MR) is 132 cm³/mol. The number of carbonyl (C=O) groups excluding carboxylic acids is 1. The van der Waals surface area contributed by atoms with Crippen molar-refractivity contribution in [2.45, 2.75) is 105 Å². The third kappa shape index (κ3) is 4.89. The Morgan fingerprint density at radius 1 is 1.12 bits per heavy atom. The lowest BCUT2D eigenvalue weighted by Gasteiger charge is -2.50. The Bertz CT molecular complexity index is 807. The van der Waals surface area contributed by atoms with Gasteiger partial charge in [0, 0.05) is 6.42 Å². The zero-order valence-corrected chi connectivity index (χ0v) is 22.0. The summed E-state index contributed by atoms with van der Waals surface area (Å²) >= 11 is 0. The van der Waals surface area contributed by atoms with E-state index in [0.29, 0.717) is 50.2 Å². The second-order valence-corrected chi connectivity index (χ2v) is 12.5. The number of hydrogen-bond donors (Lipinski definition) is 1. The standard InChI is InChI=1S/C29H46O5/c1-18(2)7-6-8-19(3)24-9-10-25-22-17-23(27(31)32)26(30)21(20(22)11-13-28(24,25)4)12-14-29(5)33-15-16-34-29/h18-19,22-25H,6-17H2,1-5H3,(H,31,32)/t19-,22-,23?,24-,25+,28-/m0/s1. The molecule has 6 atom stereocenters. The lowest BCUT2D eigenvalue weighted by Crippen LogP contribution is -2.45. The van der Waals surface area contributed by atoms with Gasteiger partial charge in [-0.25, -0.2) is 0 Å². The number of fused-ring (bicyclic) bond motifs is 3. The number of rotatable bonds is 9. The number of aliphatic carboxylic acids is 1. The molecule has 4 rings (SSSR count). The van der Waals surface area contributed by atoms with Crippen molar-refractivity contribution in [2.24, 2.45) is 40.9 Å². The summed E-state index contributed by atoms with van der Waals surface area (Å²) in [5, 5.41) is 9.94. The fourth-order valence-electron chi connectivity index (χ4n) is 8.10. The summed E-state index contributed by atoms with van der Waals surface area (Å²) in [5.74, 6) is 0.233. The van der Waals surface area contributed by atoms with E-state index in [1.807, 2.05) is 6.92 Å². The zero-order valence-electron chi connectivity index (χ0n) is 22.0. The summed E-state index contributed by atoms with van der Waals surface area (Å²) in [5.41, 5.74) is 2.32. The minimum Gasteiger partial charge on any atom is -0.481 e. The number of Topliss-reactive ketones (excluding diaryl/α,β-unsaturated/α-hetero) is 1. The van der Waals surface area contributed by atoms with Gasteiger partial charge in [0.2, 0.25) is 0 Å². The van der Waals surface area contributed by atoms with Crippen LogP contribution in [0.2, 0.25) is 0 Å². The molecule has 0 radical (unpaired) electrons. The van der Waals surface area contributed by atoms with E-state index in [1.165, 1.54) is 37.7 Å². The second kappa shape index (κ2) is 10.0. The van der Waals surface area contributed by atoms with Crippen molar-refractivity contribution in [1.29, 1.82) is 0 Å². The molecule has 1 heterocycles. The van der Waals surface area contributed by atoms with Crippen molar-refractivity contribution in [2.75, 3.05) is 13.2 Å². The molecule has 0 spiro atoms. The minimum absolute atomic E-state index is 0.152. The summed E-state index contributed by atoms with van der Waals surface area (Å²) < 4.78 is 11.6. The Labute approximate surface area is 206 Å². The molecule has 3 fully saturated rings. The predicted octanol–water partition coefficient (Wildman–Crippen LogP) is 6.40. The summed E-state index contributed by atoms with van der Waals surface area (Å²) in [7, 11) is 0. The molecule has 0 bridgehead atoms. The normalized spacial score (nSPS) is 36.0. The topological polar surface area (TPSA) is 72.8 Å². The largest absolute Gasteiger partial charge is 0.481 e. The highest BCUT2D eigenvalue weighted by Crippen LogP contribution is 2.63. The Morgan fingerprint density at radius 2 is 1.82 bits per heavy atom. The van der Waals surface area contributed by atoms with Crippen LogP contribution >= 0.6 is 0 Å². The van der Waals surface area contributed by atoms with E-state index < -0.39 is 17.7 Å². The van der Waals surface area contributed by atoms with Crippen molar-refractivity contribution < 1.29 is 24.2 Å². The molecule has 0 aromatic heterocycles. The number of allylic oxidation sites excluding steroid dienone is 2. The maximum Gasteiger partial charge on any atom is 0.314 e. The van der Waals surface area contributed by atoms with Gasteiger partial charge >= 0.3 is 5.97 Å². The molecule has 5 heteroatoms. The van der Waals surface area contributed by atoms with E-state index in [1.54, 1.807) is 0 Å². The van der Waals surface area contributed by atoms with E-state index in [2.05, 4.69) is 27.7 Å². The van der Waals surface area contributed by atoms with Gasteiger partial charge in [-0.2, -0.15) is 0 Å². The first-order valence-electron chi connectivity index (χ1n) is 13.8. The van der Waals surface area contributed by atoms with E-state index >= 15 is 0 Å². The molecule has 1 N–H and O–H groups in total. The molecule has 1 unspecified atom stereocenters. The van der Waals surface area contributed by atoms with Gasteiger partial charge in [-0.15, -0.1) is 0 Å². The molecule has 1 saturated heterocycles. The van der Waals surface area contributed by atoms with Crippen LogP contribution in [0, 0.1) is 40.9 Å². The molecule has 3 aliphatic carbocycles. The lowest BCUT2D eigenvalue weighted by atomic mass is 9.54. The molecule has 2 saturated carbocycles. The summed E-state index contributed by atoms with van der Waals surface area (Å²) in [6.07, 6.45) is 10.0. The third-order valence-corrected chi connectivity index (χ3v) is 9.99. The van der Waals surface area contributed by atoms with Crippen LogP contribution in [0.3, 0.4) is 0 Å². The minimum atomic E-state index is -0.954. The summed E-state index contributed by atoms with van der Waals surface area (Å²) in [6.45, 7) is 12.6. The number of hydrogen-bond acceptors (Lipinski definition) is 4. The molecule has 0 aromatic carbocycles. The van der Waals surface area contributed by atoms with Gasteiger partial charge in [-0.05, 0) is 86.0 Å². The number of carboxylic acids is 1. The van der Waals surface area contributed by atoms with Crippen LogP contribution in [0.1, 0.15) is 98.8 Å². The molecule has 192 valence electrons. The van der Waals surface area contributed by atoms with Crippen molar-refractivity contribution in [3.63, 3.8) is 0 Å². The monoisotopic (exact) mass is 474 g/mol. The Kier molecular flexibility index (Phi) is 7.65. The van der Waals surface area contributed by atoms with Crippen LogP contribution in [0.4, 0.5) is 0 Å². The number of ether oxygens (including phenoxy) is 2. The zero-order chi connectivity index (χ0) is 24.7. The smallest absolute Gasteiger partial charge is 0.314 e. The van der Waals surface area contributed by atoms with Gasteiger partial charge in [-0.1, -0.05) is 52.5 Å². The molecular formula is C29H46O5. The van der Waals surface area contributed by atoms with Crippen molar-refractivity contribution in [1.82, 2.24) is 0 Å². The van der Waals surface area contributed by atoms with Gasteiger partial charge in [0.1, 0.15) is 5.92 Å². The van der Waals surface area contributed by atoms with Crippen molar-refractivity contribution in [3.05, 3.63) is 11.1 Å². The first-order valence-corrected chi connectivity index (χ1v) is 13.8. The van der Waals surface area contributed by atoms with E-state index in [-0.39, 0.29) is 17.1 Å². The number of carbonyl (C=O) groups is 2. The van der Waals surface area contributed by atoms with Crippen molar-refractivity contribution in [3.8, 4) is 0 Å². The maximum absolute atomic E-state index is 13.3. The molecule has 4 aliphatic rings. The Morgan fingerprint density at radius 3 is 2.47 bits per heavy atom. The Balaban J connectivity index is 1.56. The fourth-order valence-corrected chi connectivity index (χ4v) is 8.10. The maximum atomic E-state index is 13.3. The van der Waals surface area contributed by atoms with E-state index in [0.717, 1.165) is 24.3 Å². The van der Waals surface area contributed by atoms with Gasteiger partial charge < -0.3 is 14.6 Å². The van der Waals surface area contributed by atoms with Gasteiger partial charge in [0.05, 0.1) is 13.2 Å². The van der Waals surface area contributed by atoms with Gasteiger partial charge in [-0.3, -0.25) is 9.59 Å². The number of ketones is 1. The van der Waals surface area contributed by atoms with E-state index in [9.17, 15) is 14.7 Å². The van der Waals surface area contributed by atoms with Crippen molar-refractivity contribution >= 4 is 11.8 Å². The van der Waals surface area contributed by atoms with Crippen LogP contribution in [-0.2, 0) is 19.1 Å². The van der Waals surface area contributed by atoms with Crippen LogP contribution in [0.5, 0.6) is 0 Å². The van der Waals surface area contributed by atoms with Crippen LogP contribution < -0.4 is 0 Å². The SMILES string of the molecule is CC(C)CCC[C@H](C)[C@@H]1CC[C@@H]2[C@H]3CC(C(=O)O)C(=O)C(CCC4(C)OCCO4)=C3CC[C@]21C. The molecule has 0 aromatic rings. The van der Waals surface area contributed by atoms with Crippen LogP contribution in [-0.4, -0.2) is 35.9 Å². The molecule has 34 heavy (non-hydrogen) atoms. The van der Waals surface area contributed by atoms with Gasteiger partial charge in [0.25, 0.3) is 0 Å². The quantitative estimate of drug-likeness (QED) is 0.391. The average molecular weight is 475 g/mol. The first kappa shape index (κ1) is 25.9. The highest BCUT2D eigenvalue weighted by molar-refractivity contribution is 6.09.